The topological polar surface area (TPSA) is 76.3 Å². The number of aryl methyl sites for hydroxylation is 1. The molecule has 3 rings (SSSR count). The van der Waals surface area contributed by atoms with Gasteiger partial charge in [0.1, 0.15) is 5.82 Å². The largest absolute Gasteiger partial charge is 0.397 e. The number of pyridine rings is 1. The minimum absolute atomic E-state index is 0.0772. The Balaban J connectivity index is 1.98. The lowest BCUT2D eigenvalue weighted by Gasteiger charge is -2.20. The second-order valence-electron chi connectivity index (χ2n) is 5.60. The Hall–Kier alpha value is -1.91. The molecular weight excluding hydrogens is 242 g/mol. The van der Waals surface area contributed by atoms with E-state index in [0.29, 0.717) is 17.9 Å². The lowest BCUT2D eigenvalue weighted by atomic mass is 9.84. The summed E-state index contributed by atoms with van der Waals surface area (Å²) >= 11 is 0. The van der Waals surface area contributed by atoms with Crippen LogP contribution in [0.2, 0.25) is 0 Å². The number of carbonyl (C=O) groups is 2. The van der Waals surface area contributed by atoms with E-state index < -0.39 is 5.41 Å². The van der Waals surface area contributed by atoms with Crippen LogP contribution in [0.15, 0.2) is 12.3 Å². The molecule has 2 N–H and O–H groups in total. The zero-order chi connectivity index (χ0) is 13.6. The van der Waals surface area contributed by atoms with Gasteiger partial charge in [0.15, 0.2) is 0 Å². The number of amides is 2. The second kappa shape index (κ2) is 4.05. The molecular formula is C14H17N3O2. The van der Waals surface area contributed by atoms with Gasteiger partial charge in [-0.3, -0.25) is 9.59 Å². The number of anilines is 2. The highest BCUT2D eigenvalue weighted by molar-refractivity contribution is 6.22. The van der Waals surface area contributed by atoms with Crippen molar-refractivity contribution in [2.75, 3.05) is 10.6 Å². The van der Waals surface area contributed by atoms with Gasteiger partial charge < -0.3 is 5.73 Å². The summed E-state index contributed by atoms with van der Waals surface area (Å²) in [7, 11) is 0. The van der Waals surface area contributed by atoms with Gasteiger partial charge in [-0.15, -0.1) is 0 Å². The van der Waals surface area contributed by atoms with Crippen molar-refractivity contribution in [1.82, 2.24) is 4.98 Å². The number of aromatic nitrogens is 1. The smallest absolute Gasteiger partial charge is 0.241 e. The molecule has 19 heavy (non-hydrogen) atoms. The molecule has 0 radical (unpaired) electrons. The van der Waals surface area contributed by atoms with Crippen molar-refractivity contribution in [2.24, 2.45) is 5.41 Å². The molecule has 1 aromatic rings. The van der Waals surface area contributed by atoms with E-state index in [1.165, 1.54) is 11.1 Å². The van der Waals surface area contributed by atoms with Gasteiger partial charge in [-0.2, -0.15) is 0 Å². The fourth-order valence-corrected chi connectivity index (χ4v) is 3.14. The van der Waals surface area contributed by atoms with Gasteiger partial charge in [0.2, 0.25) is 11.8 Å². The Labute approximate surface area is 111 Å². The number of nitrogens with zero attached hydrogens (tertiary/aromatic N) is 2. The summed E-state index contributed by atoms with van der Waals surface area (Å²) in [5.74, 6) is 0.195. The summed E-state index contributed by atoms with van der Waals surface area (Å²) in [4.78, 5) is 30.1. The minimum Gasteiger partial charge on any atom is -0.397 e. The maximum atomic E-state index is 12.6. The average molecular weight is 259 g/mol. The first-order chi connectivity index (χ1) is 9.03. The highest BCUT2D eigenvalue weighted by Gasteiger charge is 2.53. The third-order valence-electron chi connectivity index (χ3n) is 4.32. The van der Waals surface area contributed by atoms with E-state index in [1.54, 1.807) is 6.07 Å². The minimum atomic E-state index is -0.450. The summed E-state index contributed by atoms with van der Waals surface area (Å²) in [6, 6.07) is 1.71. The number of nitrogens with two attached hydrogens (primary N) is 1. The fraction of sp³-hybridized carbons (Fsp3) is 0.500. The first kappa shape index (κ1) is 12.1. The molecule has 0 aromatic carbocycles. The average Bonchev–Trinajstić information content (AvgIpc) is 2.91. The Bertz CT molecular complexity index is 562. The highest BCUT2D eigenvalue weighted by atomic mass is 16.2. The van der Waals surface area contributed by atoms with Crippen molar-refractivity contribution in [2.45, 2.75) is 39.0 Å². The zero-order valence-electron chi connectivity index (χ0n) is 11.0. The molecule has 0 atom stereocenters. The molecule has 0 bridgehead atoms. The van der Waals surface area contributed by atoms with Crippen LogP contribution in [0, 0.1) is 12.3 Å². The van der Waals surface area contributed by atoms with Gasteiger partial charge in [0, 0.05) is 6.42 Å². The third kappa shape index (κ3) is 1.72. The maximum absolute atomic E-state index is 12.6. The van der Waals surface area contributed by atoms with Crippen LogP contribution < -0.4 is 10.6 Å². The van der Waals surface area contributed by atoms with E-state index in [9.17, 15) is 9.59 Å². The SMILES string of the molecule is Cc1cc(N2C(=O)CC3(CCCC3)C2=O)ncc1N. The van der Waals surface area contributed by atoms with Crippen LogP contribution in [0.5, 0.6) is 0 Å². The Morgan fingerprint density at radius 2 is 2.00 bits per heavy atom. The monoisotopic (exact) mass is 259 g/mol. The number of carbonyl (C=O) groups excluding carboxylic acids is 2. The van der Waals surface area contributed by atoms with Gasteiger partial charge in [-0.25, -0.2) is 9.88 Å². The molecule has 5 nitrogen and oxygen atoms in total. The number of hydrogen-bond donors (Lipinski definition) is 1. The van der Waals surface area contributed by atoms with Crippen molar-refractivity contribution >= 4 is 23.3 Å². The second-order valence-corrected chi connectivity index (χ2v) is 5.60. The van der Waals surface area contributed by atoms with Crippen molar-refractivity contribution in [3.8, 4) is 0 Å². The molecule has 5 heteroatoms. The standard InChI is InChI=1S/C14H17N3O2/c1-9-6-11(16-8-10(9)15)17-12(18)7-14(13(17)19)4-2-3-5-14/h6,8H,2-5,7,15H2,1H3. The molecule has 2 amide bonds. The third-order valence-corrected chi connectivity index (χ3v) is 4.32. The molecule has 2 fully saturated rings. The van der Waals surface area contributed by atoms with Gasteiger partial charge in [-0.1, -0.05) is 12.8 Å². The predicted octanol–water partition coefficient (Wildman–Crippen LogP) is 1.80. The van der Waals surface area contributed by atoms with Crippen molar-refractivity contribution in [3.05, 3.63) is 17.8 Å². The summed E-state index contributed by atoms with van der Waals surface area (Å²) in [6.07, 6.45) is 5.54. The fourth-order valence-electron chi connectivity index (χ4n) is 3.14. The number of imide groups is 1. The van der Waals surface area contributed by atoms with E-state index in [0.717, 1.165) is 31.2 Å². The van der Waals surface area contributed by atoms with Crippen LogP contribution >= 0.6 is 0 Å². The summed E-state index contributed by atoms with van der Waals surface area (Å²) < 4.78 is 0. The number of nitrogen functional groups attached to an aromatic ring is 1. The van der Waals surface area contributed by atoms with Crippen LogP contribution in [0.25, 0.3) is 0 Å². The van der Waals surface area contributed by atoms with Crippen molar-refractivity contribution in [1.29, 1.82) is 0 Å². The van der Waals surface area contributed by atoms with Crippen LogP contribution in [-0.2, 0) is 9.59 Å². The summed E-state index contributed by atoms with van der Waals surface area (Å²) in [6.45, 7) is 1.84. The lowest BCUT2D eigenvalue weighted by molar-refractivity contribution is -0.125. The molecule has 1 aliphatic carbocycles. The van der Waals surface area contributed by atoms with E-state index in [4.69, 9.17) is 5.73 Å². The molecule has 0 unspecified atom stereocenters. The van der Waals surface area contributed by atoms with Gasteiger partial charge in [-0.05, 0) is 31.4 Å². The lowest BCUT2D eigenvalue weighted by Crippen LogP contribution is -2.35. The normalized spacial score (nSPS) is 21.6. The van der Waals surface area contributed by atoms with Crippen LogP contribution in [0.3, 0.4) is 0 Å². The van der Waals surface area contributed by atoms with E-state index in [1.807, 2.05) is 6.92 Å². The summed E-state index contributed by atoms with van der Waals surface area (Å²) in [5.41, 5.74) is 6.67. The van der Waals surface area contributed by atoms with E-state index in [2.05, 4.69) is 4.98 Å². The Morgan fingerprint density at radius 1 is 1.32 bits per heavy atom. The molecule has 1 saturated heterocycles. The molecule has 2 aliphatic rings. The molecule has 1 saturated carbocycles. The zero-order valence-corrected chi connectivity index (χ0v) is 11.0. The van der Waals surface area contributed by atoms with Gasteiger partial charge in [0.05, 0.1) is 17.3 Å². The predicted molar refractivity (Wildman–Crippen MR) is 71.4 cm³/mol. The molecule has 1 aromatic heterocycles. The van der Waals surface area contributed by atoms with Gasteiger partial charge >= 0.3 is 0 Å². The number of hydrogen-bond acceptors (Lipinski definition) is 4. The quantitative estimate of drug-likeness (QED) is 0.780. The van der Waals surface area contributed by atoms with Crippen molar-refractivity contribution in [3.63, 3.8) is 0 Å². The molecule has 1 aliphatic heterocycles. The highest BCUT2D eigenvalue weighted by Crippen LogP contribution is 2.47. The molecule has 2 heterocycles. The molecule has 100 valence electrons. The van der Waals surface area contributed by atoms with E-state index >= 15 is 0 Å². The van der Waals surface area contributed by atoms with Gasteiger partial charge in [0.25, 0.3) is 0 Å². The maximum Gasteiger partial charge on any atom is 0.241 e. The van der Waals surface area contributed by atoms with E-state index in [-0.39, 0.29) is 11.8 Å². The van der Waals surface area contributed by atoms with Crippen LogP contribution in [0.1, 0.15) is 37.7 Å². The first-order valence-corrected chi connectivity index (χ1v) is 6.63. The Morgan fingerprint density at radius 3 is 2.63 bits per heavy atom. The van der Waals surface area contributed by atoms with Crippen molar-refractivity contribution < 1.29 is 9.59 Å². The van der Waals surface area contributed by atoms with Crippen LogP contribution in [-0.4, -0.2) is 16.8 Å². The molecule has 1 spiro atoms. The Kier molecular flexibility index (Phi) is 2.59. The number of rotatable bonds is 1. The van der Waals surface area contributed by atoms with Crippen LogP contribution in [0.4, 0.5) is 11.5 Å². The summed E-state index contributed by atoms with van der Waals surface area (Å²) in [5, 5.41) is 0. The first-order valence-electron chi connectivity index (χ1n) is 6.63.